The smallest absolute Gasteiger partial charge is 0.240 e. The number of benzene rings is 1. The van der Waals surface area contributed by atoms with Crippen LogP contribution in [0.3, 0.4) is 0 Å². The predicted octanol–water partition coefficient (Wildman–Crippen LogP) is 2.18. The van der Waals surface area contributed by atoms with Gasteiger partial charge in [-0.15, -0.1) is 12.4 Å². The molecule has 0 unspecified atom stereocenters. The summed E-state index contributed by atoms with van der Waals surface area (Å²) in [5.74, 6) is 0.589. The third kappa shape index (κ3) is 5.56. The van der Waals surface area contributed by atoms with E-state index in [2.05, 4.69) is 5.32 Å². The van der Waals surface area contributed by atoms with Gasteiger partial charge in [0.05, 0.1) is 12.1 Å². The number of carbonyl (C=O) groups excluding carboxylic acids is 1. The molecule has 1 aromatic rings. The number of rotatable bonds is 4. The van der Waals surface area contributed by atoms with E-state index in [-0.39, 0.29) is 24.4 Å². The summed E-state index contributed by atoms with van der Waals surface area (Å²) in [5.41, 5.74) is 6.16. The molecule has 17 heavy (non-hydrogen) atoms. The minimum atomic E-state index is -0.508. The Bertz CT molecular complexity index is 350. The molecule has 0 bridgehead atoms. The van der Waals surface area contributed by atoms with Gasteiger partial charge in [0.1, 0.15) is 5.75 Å². The molecular weight excluding hydrogens is 240 g/mol. The van der Waals surface area contributed by atoms with Crippen molar-refractivity contribution in [1.82, 2.24) is 0 Å². The predicted molar refractivity (Wildman–Crippen MR) is 71.7 cm³/mol. The lowest BCUT2D eigenvalue weighted by molar-refractivity contribution is -0.117. The largest absolute Gasteiger partial charge is 0.491 e. The molecule has 0 spiro atoms. The van der Waals surface area contributed by atoms with Gasteiger partial charge in [-0.25, -0.2) is 0 Å². The SMILES string of the molecule is CC(C)Oc1ccc(NC(=O)[C@@H](C)N)cc1.Cl. The van der Waals surface area contributed by atoms with Crippen LogP contribution < -0.4 is 15.8 Å². The second-order valence-electron chi connectivity index (χ2n) is 3.97. The van der Waals surface area contributed by atoms with Gasteiger partial charge >= 0.3 is 0 Å². The summed E-state index contributed by atoms with van der Waals surface area (Å²) in [6, 6.07) is 6.70. The molecular formula is C12H19ClN2O2. The molecule has 3 N–H and O–H groups in total. The van der Waals surface area contributed by atoms with Crippen LogP contribution in [-0.2, 0) is 4.79 Å². The Morgan fingerprint density at radius 1 is 1.24 bits per heavy atom. The maximum Gasteiger partial charge on any atom is 0.240 e. The number of ether oxygens (including phenoxy) is 1. The van der Waals surface area contributed by atoms with Gasteiger partial charge in [-0.05, 0) is 45.0 Å². The van der Waals surface area contributed by atoms with Crippen molar-refractivity contribution < 1.29 is 9.53 Å². The van der Waals surface area contributed by atoms with Crippen molar-refractivity contribution in [2.24, 2.45) is 5.73 Å². The minimum Gasteiger partial charge on any atom is -0.491 e. The number of halogens is 1. The fourth-order valence-corrected chi connectivity index (χ4v) is 1.15. The lowest BCUT2D eigenvalue weighted by atomic mass is 10.2. The first-order valence-electron chi connectivity index (χ1n) is 5.32. The van der Waals surface area contributed by atoms with E-state index in [1.54, 1.807) is 19.1 Å². The molecule has 0 aliphatic rings. The van der Waals surface area contributed by atoms with Crippen molar-refractivity contribution in [2.75, 3.05) is 5.32 Å². The van der Waals surface area contributed by atoms with E-state index in [9.17, 15) is 4.79 Å². The molecule has 4 nitrogen and oxygen atoms in total. The Labute approximate surface area is 108 Å². The van der Waals surface area contributed by atoms with E-state index in [0.717, 1.165) is 11.4 Å². The quantitative estimate of drug-likeness (QED) is 0.870. The topological polar surface area (TPSA) is 64.3 Å². The van der Waals surface area contributed by atoms with Crippen molar-refractivity contribution in [3.63, 3.8) is 0 Å². The average Bonchev–Trinajstić information content (AvgIpc) is 2.20. The van der Waals surface area contributed by atoms with Crippen LogP contribution in [-0.4, -0.2) is 18.1 Å². The normalized spacial score (nSPS) is 11.6. The van der Waals surface area contributed by atoms with E-state index in [1.165, 1.54) is 0 Å². The Morgan fingerprint density at radius 3 is 2.18 bits per heavy atom. The van der Waals surface area contributed by atoms with Crippen molar-refractivity contribution in [1.29, 1.82) is 0 Å². The highest BCUT2D eigenvalue weighted by Gasteiger charge is 2.07. The molecule has 96 valence electrons. The van der Waals surface area contributed by atoms with Crippen LogP contribution in [0.5, 0.6) is 5.75 Å². The Morgan fingerprint density at radius 2 is 1.76 bits per heavy atom. The zero-order valence-corrected chi connectivity index (χ0v) is 11.1. The highest BCUT2D eigenvalue weighted by Crippen LogP contribution is 2.16. The second-order valence-corrected chi connectivity index (χ2v) is 3.97. The van der Waals surface area contributed by atoms with E-state index in [4.69, 9.17) is 10.5 Å². The van der Waals surface area contributed by atoms with Gasteiger partial charge in [-0.1, -0.05) is 0 Å². The molecule has 1 aromatic carbocycles. The van der Waals surface area contributed by atoms with Crippen LogP contribution in [0.1, 0.15) is 20.8 Å². The summed E-state index contributed by atoms with van der Waals surface area (Å²) in [4.78, 5) is 11.3. The van der Waals surface area contributed by atoms with E-state index >= 15 is 0 Å². The van der Waals surface area contributed by atoms with Crippen LogP contribution in [0.15, 0.2) is 24.3 Å². The molecule has 0 saturated heterocycles. The van der Waals surface area contributed by atoms with Gasteiger partial charge in [0.15, 0.2) is 0 Å². The van der Waals surface area contributed by atoms with Crippen LogP contribution in [0.4, 0.5) is 5.69 Å². The molecule has 0 saturated carbocycles. The third-order valence-electron chi connectivity index (χ3n) is 1.91. The molecule has 0 aromatic heterocycles. The Kier molecular flexibility index (Phi) is 6.61. The third-order valence-corrected chi connectivity index (χ3v) is 1.91. The Hall–Kier alpha value is -1.26. The molecule has 0 fully saturated rings. The lowest BCUT2D eigenvalue weighted by Crippen LogP contribution is -2.32. The van der Waals surface area contributed by atoms with Crippen molar-refractivity contribution in [3.05, 3.63) is 24.3 Å². The van der Waals surface area contributed by atoms with E-state index in [1.807, 2.05) is 26.0 Å². The number of nitrogens with two attached hydrogens (primary N) is 1. The standard InChI is InChI=1S/C12H18N2O2.ClH/c1-8(2)16-11-6-4-10(5-7-11)14-12(15)9(3)13;/h4-9H,13H2,1-3H3,(H,14,15);1H/t9-;/m1./s1. The highest BCUT2D eigenvalue weighted by atomic mass is 35.5. The maximum absolute atomic E-state index is 11.3. The van der Waals surface area contributed by atoms with Crippen LogP contribution in [0.2, 0.25) is 0 Å². The second kappa shape index (κ2) is 7.14. The molecule has 1 atom stereocenters. The van der Waals surface area contributed by atoms with Gasteiger partial charge in [0, 0.05) is 5.69 Å². The molecule has 5 heteroatoms. The van der Waals surface area contributed by atoms with Crippen molar-refractivity contribution in [3.8, 4) is 5.75 Å². The summed E-state index contributed by atoms with van der Waals surface area (Å²) in [7, 11) is 0. The summed E-state index contributed by atoms with van der Waals surface area (Å²) >= 11 is 0. The van der Waals surface area contributed by atoms with Gasteiger partial charge in [-0.3, -0.25) is 4.79 Å². The first-order valence-corrected chi connectivity index (χ1v) is 5.32. The monoisotopic (exact) mass is 258 g/mol. The van der Waals surface area contributed by atoms with E-state index < -0.39 is 6.04 Å². The first kappa shape index (κ1) is 15.7. The molecule has 0 heterocycles. The fourth-order valence-electron chi connectivity index (χ4n) is 1.15. The highest BCUT2D eigenvalue weighted by molar-refractivity contribution is 5.94. The number of anilines is 1. The van der Waals surface area contributed by atoms with Crippen LogP contribution in [0.25, 0.3) is 0 Å². The number of carbonyl (C=O) groups is 1. The van der Waals surface area contributed by atoms with Gasteiger partial charge in [-0.2, -0.15) is 0 Å². The number of amides is 1. The molecule has 0 aliphatic heterocycles. The van der Waals surface area contributed by atoms with Gasteiger partial charge < -0.3 is 15.8 Å². The number of hydrogen-bond donors (Lipinski definition) is 2. The maximum atomic E-state index is 11.3. The van der Waals surface area contributed by atoms with Gasteiger partial charge in [0.25, 0.3) is 0 Å². The Balaban J connectivity index is 0.00000256. The molecule has 1 amide bonds. The minimum absolute atomic E-state index is 0. The molecule has 1 rings (SSSR count). The number of nitrogens with one attached hydrogen (secondary N) is 1. The lowest BCUT2D eigenvalue weighted by Gasteiger charge is -2.11. The first-order chi connectivity index (χ1) is 7.49. The number of hydrogen-bond acceptors (Lipinski definition) is 3. The average molecular weight is 259 g/mol. The van der Waals surface area contributed by atoms with Crippen molar-refractivity contribution >= 4 is 24.0 Å². The van der Waals surface area contributed by atoms with Crippen molar-refractivity contribution in [2.45, 2.75) is 32.9 Å². The zero-order valence-electron chi connectivity index (χ0n) is 10.3. The van der Waals surface area contributed by atoms with E-state index in [0.29, 0.717) is 0 Å². The zero-order chi connectivity index (χ0) is 12.1. The summed E-state index contributed by atoms with van der Waals surface area (Å²) in [6.45, 7) is 5.57. The van der Waals surface area contributed by atoms with Crippen LogP contribution in [0, 0.1) is 0 Å². The summed E-state index contributed by atoms with van der Waals surface area (Å²) in [5, 5.41) is 2.70. The van der Waals surface area contributed by atoms with Gasteiger partial charge in [0.2, 0.25) is 5.91 Å². The summed E-state index contributed by atoms with van der Waals surface area (Å²) in [6.07, 6.45) is 0.143. The van der Waals surface area contributed by atoms with Crippen LogP contribution >= 0.6 is 12.4 Å². The molecule has 0 radical (unpaired) electrons. The molecule has 0 aliphatic carbocycles. The fraction of sp³-hybridized carbons (Fsp3) is 0.417. The summed E-state index contributed by atoms with van der Waals surface area (Å²) < 4.78 is 5.48.